The van der Waals surface area contributed by atoms with Crippen LogP contribution in [0.25, 0.3) is 10.2 Å². The molecule has 0 atom stereocenters. The maximum absolute atomic E-state index is 12.6. The molecule has 6 nitrogen and oxygen atoms in total. The summed E-state index contributed by atoms with van der Waals surface area (Å²) in [6.45, 7) is 4.46. The van der Waals surface area contributed by atoms with Crippen LogP contribution in [-0.4, -0.2) is 37.2 Å². The summed E-state index contributed by atoms with van der Waals surface area (Å²) in [6, 6.07) is 11.9. The Morgan fingerprint density at radius 3 is 2.54 bits per heavy atom. The summed E-state index contributed by atoms with van der Waals surface area (Å²) in [7, 11) is -1.97. The molecule has 1 aromatic heterocycles. The Balaban J connectivity index is 1.75. The van der Waals surface area contributed by atoms with Crippen molar-refractivity contribution in [3.63, 3.8) is 0 Å². The average molecular weight is 418 g/mol. The average Bonchev–Trinajstić information content (AvgIpc) is 3.10. The molecule has 3 aromatic rings. The van der Waals surface area contributed by atoms with Crippen LogP contribution in [0.5, 0.6) is 0 Å². The highest BCUT2D eigenvalue weighted by Crippen LogP contribution is 2.28. The summed E-state index contributed by atoms with van der Waals surface area (Å²) in [4.78, 5) is 17.2. The van der Waals surface area contributed by atoms with Gasteiger partial charge in [-0.1, -0.05) is 36.8 Å². The van der Waals surface area contributed by atoms with Gasteiger partial charge in [-0.25, -0.2) is 17.7 Å². The standard InChI is InChI=1S/C20H23N3O3S2/c1-4-5-13-23(3)28(25,26)16-11-9-15(10-12-16)19(24)22-20-21-18-14(2)7-6-8-17(18)27-20/h6-12H,4-5,13H2,1-3H3,(H,21,22,24). The number of aromatic nitrogens is 1. The summed E-state index contributed by atoms with van der Waals surface area (Å²) >= 11 is 1.41. The summed E-state index contributed by atoms with van der Waals surface area (Å²) < 4.78 is 27.5. The van der Waals surface area contributed by atoms with E-state index in [9.17, 15) is 13.2 Å². The molecule has 2 aromatic carbocycles. The normalized spacial score (nSPS) is 11.9. The lowest BCUT2D eigenvalue weighted by Crippen LogP contribution is -2.28. The largest absolute Gasteiger partial charge is 0.298 e. The van der Waals surface area contributed by atoms with Gasteiger partial charge in [0, 0.05) is 19.2 Å². The first-order chi connectivity index (χ1) is 13.3. The molecule has 0 spiro atoms. The van der Waals surface area contributed by atoms with Gasteiger partial charge >= 0.3 is 0 Å². The van der Waals surface area contributed by atoms with Crippen molar-refractivity contribution in [1.82, 2.24) is 9.29 Å². The van der Waals surface area contributed by atoms with Crippen LogP contribution in [0.1, 0.15) is 35.7 Å². The molecule has 1 amide bonds. The number of anilines is 1. The highest BCUT2D eigenvalue weighted by molar-refractivity contribution is 7.89. The molecule has 0 saturated heterocycles. The molecule has 1 N–H and O–H groups in total. The number of nitrogens with zero attached hydrogens (tertiary/aromatic N) is 2. The monoisotopic (exact) mass is 417 g/mol. The quantitative estimate of drug-likeness (QED) is 0.622. The Hall–Kier alpha value is -2.29. The lowest BCUT2D eigenvalue weighted by atomic mass is 10.2. The van der Waals surface area contributed by atoms with Gasteiger partial charge in [-0.3, -0.25) is 10.1 Å². The molecule has 0 aliphatic carbocycles. The molecule has 0 bridgehead atoms. The Morgan fingerprint density at radius 2 is 1.89 bits per heavy atom. The van der Waals surface area contributed by atoms with E-state index in [0.717, 1.165) is 28.6 Å². The predicted molar refractivity (Wildman–Crippen MR) is 113 cm³/mol. The van der Waals surface area contributed by atoms with Gasteiger partial charge < -0.3 is 0 Å². The molecule has 3 rings (SSSR count). The molecule has 0 saturated carbocycles. The van der Waals surface area contributed by atoms with Crippen molar-refractivity contribution in [2.75, 3.05) is 18.9 Å². The van der Waals surface area contributed by atoms with Crippen LogP contribution in [0.3, 0.4) is 0 Å². The van der Waals surface area contributed by atoms with Crippen LogP contribution in [0.4, 0.5) is 5.13 Å². The zero-order valence-electron chi connectivity index (χ0n) is 16.1. The van der Waals surface area contributed by atoms with Crippen molar-refractivity contribution in [1.29, 1.82) is 0 Å². The number of amides is 1. The number of carbonyl (C=O) groups excluding carboxylic acids is 1. The molecule has 28 heavy (non-hydrogen) atoms. The van der Waals surface area contributed by atoms with E-state index in [2.05, 4.69) is 10.3 Å². The predicted octanol–water partition coefficient (Wildman–Crippen LogP) is 4.28. The van der Waals surface area contributed by atoms with E-state index in [4.69, 9.17) is 0 Å². The molecule has 1 heterocycles. The molecule has 0 radical (unpaired) electrons. The molecule has 8 heteroatoms. The fourth-order valence-electron chi connectivity index (χ4n) is 2.77. The molecule has 0 unspecified atom stereocenters. The van der Waals surface area contributed by atoms with Crippen LogP contribution < -0.4 is 5.32 Å². The zero-order valence-corrected chi connectivity index (χ0v) is 17.7. The third-order valence-electron chi connectivity index (χ3n) is 4.49. The highest BCUT2D eigenvalue weighted by atomic mass is 32.2. The van der Waals surface area contributed by atoms with Gasteiger partial charge in [0.15, 0.2) is 5.13 Å². The summed E-state index contributed by atoms with van der Waals surface area (Å²) in [5.74, 6) is -0.319. The van der Waals surface area contributed by atoms with Crippen molar-refractivity contribution in [3.05, 3.63) is 53.6 Å². The van der Waals surface area contributed by atoms with E-state index in [1.807, 2.05) is 32.0 Å². The Labute approximate surface area is 169 Å². The van der Waals surface area contributed by atoms with Gasteiger partial charge in [0.05, 0.1) is 15.1 Å². The van der Waals surface area contributed by atoms with E-state index in [0.29, 0.717) is 17.2 Å². The maximum atomic E-state index is 12.6. The molecular formula is C20H23N3O3S2. The lowest BCUT2D eigenvalue weighted by Gasteiger charge is -2.16. The maximum Gasteiger partial charge on any atom is 0.257 e. The van der Waals surface area contributed by atoms with Crippen molar-refractivity contribution in [2.45, 2.75) is 31.6 Å². The number of carbonyl (C=O) groups is 1. The van der Waals surface area contributed by atoms with E-state index in [1.54, 1.807) is 7.05 Å². The van der Waals surface area contributed by atoms with Gasteiger partial charge in [0.1, 0.15) is 0 Å². The third-order valence-corrected chi connectivity index (χ3v) is 7.30. The number of nitrogens with one attached hydrogen (secondary N) is 1. The Bertz CT molecular complexity index is 1090. The SMILES string of the molecule is CCCCN(C)S(=O)(=O)c1ccc(C(=O)Nc2nc3c(C)cccc3s2)cc1. The lowest BCUT2D eigenvalue weighted by molar-refractivity contribution is 0.102. The van der Waals surface area contributed by atoms with Gasteiger partial charge in [-0.15, -0.1) is 0 Å². The fraction of sp³-hybridized carbons (Fsp3) is 0.300. The number of fused-ring (bicyclic) bond motifs is 1. The van der Waals surface area contributed by atoms with E-state index in [-0.39, 0.29) is 10.8 Å². The summed E-state index contributed by atoms with van der Waals surface area (Å²) in [6.07, 6.45) is 1.72. The summed E-state index contributed by atoms with van der Waals surface area (Å²) in [5, 5.41) is 3.31. The van der Waals surface area contributed by atoms with Crippen molar-refractivity contribution < 1.29 is 13.2 Å². The number of hydrogen-bond acceptors (Lipinski definition) is 5. The van der Waals surface area contributed by atoms with Gasteiger partial charge in [-0.2, -0.15) is 0 Å². The molecular weight excluding hydrogens is 394 g/mol. The van der Waals surface area contributed by atoms with E-state index < -0.39 is 10.0 Å². The number of sulfonamides is 1. The topological polar surface area (TPSA) is 79.4 Å². The molecule has 0 aliphatic heterocycles. The number of unbranched alkanes of at least 4 members (excludes halogenated alkanes) is 1. The summed E-state index contributed by atoms with van der Waals surface area (Å²) in [5.41, 5.74) is 2.31. The van der Waals surface area contributed by atoms with Gasteiger partial charge in [0.2, 0.25) is 10.0 Å². The van der Waals surface area contributed by atoms with Crippen molar-refractivity contribution in [2.24, 2.45) is 0 Å². The second-order valence-electron chi connectivity index (χ2n) is 6.60. The van der Waals surface area contributed by atoms with Crippen molar-refractivity contribution >= 4 is 42.6 Å². The number of aryl methyl sites for hydroxylation is 1. The third kappa shape index (κ3) is 4.24. The second-order valence-corrected chi connectivity index (χ2v) is 9.67. The number of thiazole rings is 1. The van der Waals surface area contributed by atoms with Crippen molar-refractivity contribution in [3.8, 4) is 0 Å². The molecule has 148 valence electrons. The molecule has 0 aliphatic rings. The Morgan fingerprint density at radius 1 is 1.18 bits per heavy atom. The second kappa shape index (κ2) is 8.38. The fourth-order valence-corrected chi connectivity index (χ4v) is 4.92. The minimum absolute atomic E-state index is 0.179. The first kappa shape index (κ1) is 20.4. The number of benzene rings is 2. The van der Waals surface area contributed by atoms with Crippen LogP contribution in [0, 0.1) is 6.92 Å². The van der Waals surface area contributed by atoms with Crippen LogP contribution in [-0.2, 0) is 10.0 Å². The van der Waals surface area contributed by atoms with Crippen LogP contribution in [0.15, 0.2) is 47.4 Å². The Kier molecular flexibility index (Phi) is 6.12. The highest BCUT2D eigenvalue weighted by Gasteiger charge is 2.20. The molecule has 0 fully saturated rings. The van der Waals surface area contributed by atoms with Crippen LogP contribution >= 0.6 is 11.3 Å². The first-order valence-corrected chi connectivity index (χ1v) is 11.3. The minimum Gasteiger partial charge on any atom is -0.298 e. The zero-order chi connectivity index (χ0) is 20.3. The van der Waals surface area contributed by atoms with Crippen LogP contribution in [0.2, 0.25) is 0 Å². The van der Waals surface area contributed by atoms with Gasteiger partial charge in [-0.05, 0) is 49.2 Å². The first-order valence-electron chi connectivity index (χ1n) is 9.07. The smallest absolute Gasteiger partial charge is 0.257 e. The minimum atomic E-state index is -3.54. The van der Waals surface area contributed by atoms with E-state index in [1.165, 1.54) is 39.9 Å². The number of para-hydroxylation sites is 1. The van der Waals surface area contributed by atoms with Gasteiger partial charge in [0.25, 0.3) is 5.91 Å². The van der Waals surface area contributed by atoms with E-state index >= 15 is 0 Å². The number of rotatable bonds is 7. The number of hydrogen-bond donors (Lipinski definition) is 1.